The number of rotatable bonds is 6. The van der Waals surface area contributed by atoms with Crippen LogP contribution in [0.4, 0.5) is 4.79 Å². The molecule has 2 rings (SSSR count). The molecule has 1 saturated heterocycles. The van der Waals surface area contributed by atoms with E-state index in [2.05, 4.69) is 33.9 Å². The summed E-state index contributed by atoms with van der Waals surface area (Å²) < 4.78 is 5.45. The summed E-state index contributed by atoms with van der Waals surface area (Å²) in [6.45, 7) is 12.2. The third-order valence-electron chi connectivity index (χ3n) is 4.63. The van der Waals surface area contributed by atoms with Crippen LogP contribution in [0.5, 0.6) is 0 Å². The predicted molar refractivity (Wildman–Crippen MR) is 110 cm³/mol. The van der Waals surface area contributed by atoms with Gasteiger partial charge in [0.05, 0.1) is 5.69 Å². The highest BCUT2D eigenvalue weighted by Crippen LogP contribution is 2.13. The lowest BCUT2D eigenvalue weighted by Gasteiger charge is -2.35. The molecule has 0 atom stereocenters. The Morgan fingerprint density at radius 1 is 1.22 bits per heavy atom. The van der Waals surface area contributed by atoms with E-state index in [1.807, 2.05) is 31.9 Å². The van der Waals surface area contributed by atoms with Gasteiger partial charge < -0.3 is 9.64 Å². The van der Waals surface area contributed by atoms with Crippen molar-refractivity contribution in [3.8, 4) is 0 Å². The van der Waals surface area contributed by atoms with Crippen molar-refractivity contribution in [2.75, 3.05) is 39.8 Å². The molecule has 1 aliphatic heterocycles. The molecule has 1 aliphatic rings. The molecule has 0 aromatic carbocycles. The summed E-state index contributed by atoms with van der Waals surface area (Å²) in [6, 6.07) is 4.23. The normalized spacial score (nSPS) is 16.1. The first-order valence-corrected chi connectivity index (χ1v) is 9.87. The Kier molecular flexibility index (Phi) is 7.78. The number of carbonyl (C=O) groups is 1. The number of aromatic nitrogens is 1. The van der Waals surface area contributed by atoms with Crippen LogP contribution in [0.1, 0.15) is 50.6 Å². The molecule has 150 valence electrons. The van der Waals surface area contributed by atoms with E-state index < -0.39 is 5.60 Å². The first kappa shape index (κ1) is 21.4. The first-order chi connectivity index (χ1) is 12.8. The molecule has 0 N–H and O–H groups in total. The van der Waals surface area contributed by atoms with Crippen molar-refractivity contribution in [2.24, 2.45) is 4.99 Å². The Hall–Kier alpha value is -1.95. The van der Waals surface area contributed by atoms with Crippen LogP contribution in [0, 0.1) is 6.92 Å². The zero-order valence-electron chi connectivity index (χ0n) is 17.5. The molecular weight excluding hydrogens is 340 g/mol. The van der Waals surface area contributed by atoms with E-state index in [9.17, 15) is 4.79 Å². The molecule has 1 aromatic heterocycles. The number of piperazine rings is 1. The number of unbranched alkanes of at least 4 members (excludes halogenated alkanes) is 1. The number of aryl methyl sites for hydroxylation is 2. The molecular formula is C21H34N4O2. The van der Waals surface area contributed by atoms with E-state index in [0.717, 1.165) is 68.9 Å². The highest BCUT2D eigenvalue weighted by molar-refractivity contribution is 5.78. The SMILES string of the molecule is CN=Cc1nc(CCCCN2CCN(C(=O)OC(C)(C)C)CC2)ccc1C. The van der Waals surface area contributed by atoms with Gasteiger partial charge in [-0.3, -0.25) is 14.9 Å². The molecule has 0 aliphatic carbocycles. The fraction of sp³-hybridized carbons (Fsp3) is 0.667. The van der Waals surface area contributed by atoms with Crippen molar-refractivity contribution < 1.29 is 9.53 Å². The summed E-state index contributed by atoms with van der Waals surface area (Å²) >= 11 is 0. The average Bonchev–Trinajstić information content (AvgIpc) is 2.60. The summed E-state index contributed by atoms with van der Waals surface area (Å²) in [5.41, 5.74) is 2.83. The standard InChI is InChI=1S/C21H34N4O2/c1-17-9-10-18(23-19(17)16-22-5)8-6-7-11-24-12-14-25(15-13-24)20(26)27-21(2,3)4/h9-10,16H,6-8,11-15H2,1-5H3. The second-order valence-electron chi connectivity index (χ2n) is 8.16. The van der Waals surface area contributed by atoms with Crippen molar-refractivity contribution in [1.29, 1.82) is 0 Å². The second kappa shape index (κ2) is 9.83. The lowest BCUT2D eigenvalue weighted by atomic mass is 10.1. The largest absolute Gasteiger partial charge is 0.444 e. The number of amides is 1. The van der Waals surface area contributed by atoms with Crippen molar-refractivity contribution in [3.05, 3.63) is 29.1 Å². The monoisotopic (exact) mass is 374 g/mol. The lowest BCUT2D eigenvalue weighted by molar-refractivity contribution is 0.0144. The Morgan fingerprint density at radius 3 is 2.56 bits per heavy atom. The Bertz CT molecular complexity index is 644. The van der Waals surface area contributed by atoms with Gasteiger partial charge in [-0.25, -0.2) is 4.79 Å². The molecule has 27 heavy (non-hydrogen) atoms. The number of ether oxygens (including phenoxy) is 1. The highest BCUT2D eigenvalue weighted by Gasteiger charge is 2.25. The molecule has 1 aromatic rings. The number of nitrogens with zero attached hydrogens (tertiary/aromatic N) is 4. The fourth-order valence-electron chi connectivity index (χ4n) is 3.10. The highest BCUT2D eigenvalue weighted by atomic mass is 16.6. The van der Waals surface area contributed by atoms with Gasteiger partial charge in [0.25, 0.3) is 0 Å². The second-order valence-corrected chi connectivity index (χ2v) is 8.16. The van der Waals surface area contributed by atoms with E-state index in [4.69, 9.17) is 4.74 Å². The minimum atomic E-state index is -0.429. The van der Waals surface area contributed by atoms with E-state index in [0.29, 0.717) is 0 Å². The zero-order chi connectivity index (χ0) is 19.9. The van der Waals surface area contributed by atoms with Gasteiger partial charge in [0.1, 0.15) is 5.60 Å². The van der Waals surface area contributed by atoms with Crippen molar-refractivity contribution in [1.82, 2.24) is 14.8 Å². The molecule has 0 unspecified atom stereocenters. The summed E-state index contributed by atoms with van der Waals surface area (Å²) in [4.78, 5) is 25.1. The maximum Gasteiger partial charge on any atom is 0.410 e. The molecule has 6 nitrogen and oxygen atoms in total. The van der Waals surface area contributed by atoms with Crippen LogP contribution < -0.4 is 0 Å². The predicted octanol–water partition coefficient (Wildman–Crippen LogP) is 3.31. The first-order valence-electron chi connectivity index (χ1n) is 9.87. The Labute approximate surface area is 163 Å². The van der Waals surface area contributed by atoms with Gasteiger partial charge in [-0.05, 0) is 65.1 Å². The Balaban J connectivity index is 1.68. The average molecular weight is 375 g/mol. The molecule has 1 amide bonds. The zero-order valence-corrected chi connectivity index (χ0v) is 17.5. The quantitative estimate of drug-likeness (QED) is 0.566. The maximum absolute atomic E-state index is 12.1. The van der Waals surface area contributed by atoms with Crippen molar-refractivity contribution in [2.45, 2.75) is 52.6 Å². The van der Waals surface area contributed by atoms with Crippen LogP contribution in [0.3, 0.4) is 0 Å². The topological polar surface area (TPSA) is 58.0 Å². The summed E-state index contributed by atoms with van der Waals surface area (Å²) in [7, 11) is 1.77. The number of hydrogen-bond donors (Lipinski definition) is 0. The van der Waals surface area contributed by atoms with Gasteiger partial charge in [-0.1, -0.05) is 6.07 Å². The molecule has 1 fully saturated rings. The van der Waals surface area contributed by atoms with Gasteiger partial charge in [0.15, 0.2) is 0 Å². The van der Waals surface area contributed by atoms with E-state index in [1.54, 1.807) is 7.05 Å². The smallest absolute Gasteiger partial charge is 0.410 e. The van der Waals surface area contributed by atoms with Crippen LogP contribution in [0.25, 0.3) is 0 Å². The van der Waals surface area contributed by atoms with Crippen LogP contribution in [-0.4, -0.2) is 72.5 Å². The number of pyridine rings is 1. The molecule has 0 bridgehead atoms. The van der Waals surface area contributed by atoms with Crippen molar-refractivity contribution >= 4 is 12.3 Å². The van der Waals surface area contributed by atoms with Crippen LogP contribution in [-0.2, 0) is 11.2 Å². The number of carbonyl (C=O) groups excluding carboxylic acids is 1. The number of hydrogen-bond acceptors (Lipinski definition) is 5. The summed E-state index contributed by atoms with van der Waals surface area (Å²) in [5.74, 6) is 0. The molecule has 0 spiro atoms. The minimum Gasteiger partial charge on any atom is -0.444 e. The van der Waals surface area contributed by atoms with E-state index in [-0.39, 0.29) is 6.09 Å². The summed E-state index contributed by atoms with van der Waals surface area (Å²) in [6.07, 6.45) is 4.87. The van der Waals surface area contributed by atoms with E-state index in [1.165, 1.54) is 0 Å². The van der Waals surface area contributed by atoms with Crippen LogP contribution >= 0.6 is 0 Å². The fourth-order valence-corrected chi connectivity index (χ4v) is 3.10. The van der Waals surface area contributed by atoms with Crippen LogP contribution in [0.15, 0.2) is 17.1 Å². The third-order valence-corrected chi connectivity index (χ3v) is 4.63. The van der Waals surface area contributed by atoms with Gasteiger partial charge in [0, 0.05) is 45.1 Å². The van der Waals surface area contributed by atoms with Gasteiger partial charge >= 0.3 is 6.09 Å². The van der Waals surface area contributed by atoms with E-state index >= 15 is 0 Å². The summed E-state index contributed by atoms with van der Waals surface area (Å²) in [5, 5.41) is 0. The van der Waals surface area contributed by atoms with Gasteiger partial charge in [-0.15, -0.1) is 0 Å². The number of aliphatic imine (C=N–C) groups is 1. The third kappa shape index (κ3) is 7.29. The van der Waals surface area contributed by atoms with Crippen LogP contribution in [0.2, 0.25) is 0 Å². The van der Waals surface area contributed by atoms with Gasteiger partial charge in [-0.2, -0.15) is 0 Å². The molecule has 6 heteroatoms. The maximum atomic E-state index is 12.1. The van der Waals surface area contributed by atoms with Crippen molar-refractivity contribution in [3.63, 3.8) is 0 Å². The Morgan fingerprint density at radius 2 is 1.93 bits per heavy atom. The molecule has 2 heterocycles. The minimum absolute atomic E-state index is 0.195. The molecule has 0 radical (unpaired) electrons. The lowest BCUT2D eigenvalue weighted by Crippen LogP contribution is -2.50. The molecule has 0 saturated carbocycles. The van der Waals surface area contributed by atoms with Gasteiger partial charge in [0.2, 0.25) is 0 Å².